The summed E-state index contributed by atoms with van der Waals surface area (Å²) >= 11 is 1.38. The predicted molar refractivity (Wildman–Crippen MR) is 115 cm³/mol. The van der Waals surface area contributed by atoms with E-state index in [0.29, 0.717) is 22.2 Å². The molecule has 1 saturated heterocycles. The average molecular weight is 411 g/mol. The number of carbonyl (C=O) groups is 1. The zero-order chi connectivity index (χ0) is 20.1. The van der Waals surface area contributed by atoms with Gasteiger partial charge in [0.2, 0.25) is 5.91 Å². The van der Waals surface area contributed by atoms with Crippen LogP contribution in [0.25, 0.3) is 20.4 Å². The molecule has 0 N–H and O–H groups in total. The highest BCUT2D eigenvalue weighted by molar-refractivity contribution is 7.25. The molecule has 6 nitrogen and oxygen atoms in total. The van der Waals surface area contributed by atoms with Crippen LogP contribution in [0.5, 0.6) is 0 Å². The van der Waals surface area contributed by atoms with Gasteiger partial charge in [-0.15, -0.1) is 11.3 Å². The number of nitrogens with zero attached hydrogens (tertiary/aromatic N) is 4. The molecule has 0 spiro atoms. The van der Waals surface area contributed by atoms with Gasteiger partial charge in [-0.1, -0.05) is 12.8 Å². The highest BCUT2D eigenvalue weighted by atomic mass is 32.1. The molecule has 0 radical (unpaired) electrons. The maximum atomic E-state index is 13.1. The lowest BCUT2D eigenvalue weighted by molar-refractivity contribution is -0.138. The first-order valence-electron chi connectivity index (χ1n) is 10.6. The molecule has 2 aliphatic rings. The molecule has 1 aliphatic carbocycles. The van der Waals surface area contributed by atoms with Crippen LogP contribution in [0.15, 0.2) is 17.2 Å². The lowest BCUT2D eigenvalue weighted by atomic mass is 9.78. The van der Waals surface area contributed by atoms with Crippen molar-refractivity contribution in [3.63, 3.8) is 0 Å². The maximum absolute atomic E-state index is 13.1. The standard InChI is InChI=1S/C22H26N4O2S/c1-13-10-14(2)24-21-18(13)19-20(29-21)22(28)25(12-23-19)11-17(27)26-9-5-7-15-6-3-4-8-16(15)26/h10,12,15-16H,3-9,11H2,1-2H3/t15-,16+/m1/s1. The van der Waals surface area contributed by atoms with Crippen LogP contribution in [0.3, 0.4) is 0 Å². The van der Waals surface area contributed by atoms with E-state index in [4.69, 9.17) is 0 Å². The molecule has 0 unspecified atom stereocenters. The number of hydrogen-bond donors (Lipinski definition) is 0. The maximum Gasteiger partial charge on any atom is 0.271 e. The third-order valence-corrected chi connectivity index (χ3v) is 7.67. The summed E-state index contributed by atoms with van der Waals surface area (Å²) in [6, 6.07) is 2.37. The molecule has 1 saturated carbocycles. The van der Waals surface area contributed by atoms with Gasteiger partial charge in [-0.3, -0.25) is 14.2 Å². The average Bonchev–Trinajstić information content (AvgIpc) is 3.09. The molecule has 7 heteroatoms. The molecule has 5 rings (SSSR count). The quantitative estimate of drug-likeness (QED) is 0.644. The molecule has 4 heterocycles. The molecule has 1 amide bonds. The first kappa shape index (κ1) is 18.7. The number of piperidine rings is 1. The smallest absolute Gasteiger partial charge is 0.271 e. The summed E-state index contributed by atoms with van der Waals surface area (Å²) in [6.45, 7) is 4.87. The van der Waals surface area contributed by atoms with E-state index in [1.54, 1.807) is 0 Å². The first-order valence-corrected chi connectivity index (χ1v) is 11.4. The lowest BCUT2D eigenvalue weighted by Crippen LogP contribution is -2.51. The minimum absolute atomic E-state index is 0.0520. The zero-order valence-electron chi connectivity index (χ0n) is 17.0. The summed E-state index contributed by atoms with van der Waals surface area (Å²) in [7, 11) is 0. The summed E-state index contributed by atoms with van der Waals surface area (Å²) in [6.07, 6.45) is 8.65. The van der Waals surface area contributed by atoms with Gasteiger partial charge in [0.1, 0.15) is 16.1 Å². The highest BCUT2D eigenvalue weighted by Crippen LogP contribution is 2.35. The number of amides is 1. The van der Waals surface area contributed by atoms with E-state index in [0.717, 1.165) is 40.9 Å². The number of likely N-dealkylation sites (tertiary alicyclic amines) is 1. The Hall–Kier alpha value is -2.28. The van der Waals surface area contributed by atoms with E-state index in [1.165, 1.54) is 47.9 Å². The van der Waals surface area contributed by atoms with Crippen LogP contribution in [0, 0.1) is 19.8 Å². The Morgan fingerprint density at radius 1 is 1.21 bits per heavy atom. The van der Waals surface area contributed by atoms with Crippen molar-refractivity contribution in [3.8, 4) is 0 Å². The minimum atomic E-state index is -0.138. The van der Waals surface area contributed by atoms with Crippen molar-refractivity contribution in [1.29, 1.82) is 0 Å². The van der Waals surface area contributed by atoms with Crippen LogP contribution >= 0.6 is 11.3 Å². The second kappa shape index (κ2) is 7.20. The molecule has 152 valence electrons. The van der Waals surface area contributed by atoms with Crippen LogP contribution in [-0.2, 0) is 11.3 Å². The molecule has 2 atom stereocenters. The van der Waals surface area contributed by atoms with Gasteiger partial charge >= 0.3 is 0 Å². The van der Waals surface area contributed by atoms with Gasteiger partial charge in [0.05, 0.1) is 11.8 Å². The third-order valence-electron chi connectivity index (χ3n) is 6.61. The van der Waals surface area contributed by atoms with E-state index in [1.807, 2.05) is 24.8 Å². The van der Waals surface area contributed by atoms with Crippen molar-refractivity contribution in [2.75, 3.05) is 6.54 Å². The minimum Gasteiger partial charge on any atom is -0.338 e. The zero-order valence-corrected chi connectivity index (χ0v) is 17.8. The molecule has 29 heavy (non-hydrogen) atoms. The van der Waals surface area contributed by atoms with Gasteiger partial charge in [0.25, 0.3) is 5.56 Å². The Bertz CT molecular complexity index is 1160. The molecular formula is C22H26N4O2S. The van der Waals surface area contributed by atoms with Crippen molar-refractivity contribution in [3.05, 3.63) is 34.0 Å². The lowest BCUT2D eigenvalue weighted by Gasteiger charge is -2.44. The van der Waals surface area contributed by atoms with Crippen molar-refractivity contribution in [2.24, 2.45) is 5.92 Å². The number of carbonyl (C=O) groups excluding carboxylic acids is 1. The molecule has 3 aromatic heterocycles. The Morgan fingerprint density at radius 2 is 2.00 bits per heavy atom. The van der Waals surface area contributed by atoms with Crippen LogP contribution < -0.4 is 5.56 Å². The fraction of sp³-hybridized carbons (Fsp3) is 0.545. The van der Waals surface area contributed by atoms with Crippen LogP contribution in [0.1, 0.15) is 49.8 Å². The van der Waals surface area contributed by atoms with E-state index in [-0.39, 0.29) is 18.0 Å². The number of pyridine rings is 1. The summed E-state index contributed by atoms with van der Waals surface area (Å²) in [4.78, 5) is 38.3. The number of thiophene rings is 1. The SMILES string of the molecule is Cc1cc(C)c2c(n1)sc1c(=O)n(CC(=O)N3CCC[C@H]4CCCC[C@@H]43)cnc12. The second-order valence-corrected chi connectivity index (χ2v) is 9.56. The Balaban J connectivity index is 1.48. The topological polar surface area (TPSA) is 68.1 Å². The van der Waals surface area contributed by atoms with Crippen molar-refractivity contribution >= 4 is 37.7 Å². The number of hydrogen-bond acceptors (Lipinski definition) is 5. The van der Waals surface area contributed by atoms with Gasteiger partial charge < -0.3 is 4.90 Å². The van der Waals surface area contributed by atoms with E-state index < -0.39 is 0 Å². The van der Waals surface area contributed by atoms with Gasteiger partial charge in [-0.25, -0.2) is 9.97 Å². The molecule has 0 aromatic carbocycles. The van der Waals surface area contributed by atoms with Gasteiger partial charge in [-0.05, 0) is 57.1 Å². The van der Waals surface area contributed by atoms with Crippen molar-refractivity contribution in [2.45, 2.75) is 65.0 Å². The normalized spacial score (nSPS) is 22.2. The summed E-state index contributed by atoms with van der Waals surface area (Å²) in [5.74, 6) is 0.690. The first-order chi connectivity index (χ1) is 14.0. The fourth-order valence-corrected chi connectivity index (χ4v) is 6.48. The second-order valence-electron chi connectivity index (χ2n) is 8.56. The van der Waals surface area contributed by atoms with Crippen LogP contribution in [0.4, 0.5) is 0 Å². The summed E-state index contributed by atoms with van der Waals surface area (Å²) in [5.41, 5.74) is 2.58. The molecular weight excluding hydrogens is 384 g/mol. The van der Waals surface area contributed by atoms with Crippen molar-refractivity contribution < 1.29 is 4.79 Å². The Morgan fingerprint density at radius 3 is 2.86 bits per heavy atom. The summed E-state index contributed by atoms with van der Waals surface area (Å²) < 4.78 is 2.07. The Kier molecular flexibility index (Phi) is 4.65. The molecule has 3 aromatic rings. The fourth-order valence-electron chi connectivity index (χ4n) is 5.28. The number of aromatic nitrogens is 3. The van der Waals surface area contributed by atoms with E-state index in [9.17, 15) is 9.59 Å². The number of rotatable bonds is 2. The van der Waals surface area contributed by atoms with Gasteiger partial charge in [0, 0.05) is 23.7 Å². The molecule has 0 bridgehead atoms. The van der Waals surface area contributed by atoms with Crippen molar-refractivity contribution in [1.82, 2.24) is 19.4 Å². The molecule has 1 aliphatic heterocycles. The summed E-state index contributed by atoms with van der Waals surface area (Å²) in [5, 5.41) is 0.951. The predicted octanol–water partition coefficient (Wildman–Crippen LogP) is 3.80. The Labute approximate surface area is 173 Å². The van der Waals surface area contributed by atoms with E-state index >= 15 is 0 Å². The van der Waals surface area contributed by atoms with Gasteiger partial charge in [0.15, 0.2) is 0 Å². The number of aryl methyl sites for hydroxylation is 2. The molecule has 2 fully saturated rings. The van der Waals surface area contributed by atoms with E-state index in [2.05, 4.69) is 9.97 Å². The monoisotopic (exact) mass is 410 g/mol. The van der Waals surface area contributed by atoms with Crippen LogP contribution in [0.2, 0.25) is 0 Å². The highest BCUT2D eigenvalue weighted by Gasteiger charge is 2.35. The largest absolute Gasteiger partial charge is 0.338 e. The van der Waals surface area contributed by atoms with Crippen LogP contribution in [-0.4, -0.2) is 37.9 Å². The third kappa shape index (κ3) is 3.16. The van der Waals surface area contributed by atoms with Gasteiger partial charge in [-0.2, -0.15) is 0 Å². The number of fused-ring (bicyclic) bond motifs is 4.